The van der Waals surface area contributed by atoms with Gasteiger partial charge in [0.15, 0.2) is 0 Å². The number of carbonyl (C=O) groups is 1. The number of carboxylic acid groups (broad SMARTS) is 1. The molecule has 2 aliphatic rings. The number of piperazine rings is 1. The highest BCUT2D eigenvalue weighted by molar-refractivity contribution is 5.78. The van der Waals surface area contributed by atoms with E-state index < -0.39 is 11.5 Å². The second-order valence-electron chi connectivity index (χ2n) is 6.49. The summed E-state index contributed by atoms with van der Waals surface area (Å²) in [6.07, 6.45) is 4.14. The van der Waals surface area contributed by atoms with Crippen LogP contribution in [0.1, 0.15) is 39.5 Å². The topological polar surface area (TPSA) is 55.8 Å². The molecule has 0 aromatic rings. The van der Waals surface area contributed by atoms with Gasteiger partial charge in [-0.25, -0.2) is 0 Å². The average Bonchev–Trinajstić information content (AvgIpc) is 3.22. The maximum atomic E-state index is 11.5. The molecule has 1 heterocycles. The van der Waals surface area contributed by atoms with Crippen molar-refractivity contribution in [2.75, 3.05) is 39.3 Å². The third-order valence-corrected chi connectivity index (χ3v) is 4.50. The predicted octanol–water partition coefficient (Wildman–Crippen LogP) is 0.999. The zero-order chi connectivity index (χ0) is 14.6. The minimum atomic E-state index is -0.762. The van der Waals surface area contributed by atoms with Gasteiger partial charge in [-0.1, -0.05) is 6.92 Å². The van der Waals surface area contributed by atoms with E-state index in [2.05, 4.69) is 22.0 Å². The van der Waals surface area contributed by atoms with E-state index in [4.69, 9.17) is 0 Å². The van der Waals surface area contributed by atoms with Crippen molar-refractivity contribution < 1.29 is 9.90 Å². The SMILES string of the molecule is CCCN1CCN(CCC(C)(NC2CC2)C(=O)O)CC1. The van der Waals surface area contributed by atoms with Crippen LogP contribution in [0.2, 0.25) is 0 Å². The third-order valence-electron chi connectivity index (χ3n) is 4.50. The number of nitrogens with zero attached hydrogens (tertiary/aromatic N) is 2. The van der Waals surface area contributed by atoms with Gasteiger partial charge in [-0.05, 0) is 39.2 Å². The molecule has 1 saturated heterocycles. The summed E-state index contributed by atoms with van der Waals surface area (Å²) in [5, 5.41) is 12.8. The first-order valence-corrected chi connectivity index (χ1v) is 7.99. The van der Waals surface area contributed by atoms with Crippen molar-refractivity contribution in [2.45, 2.75) is 51.1 Å². The summed E-state index contributed by atoms with van der Waals surface area (Å²) in [5.41, 5.74) is -0.762. The summed E-state index contributed by atoms with van der Waals surface area (Å²) in [4.78, 5) is 16.4. The van der Waals surface area contributed by atoms with Crippen molar-refractivity contribution in [3.8, 4) is 0 Å². The molecular formula is C15H29N3O2. The summed E-state index contributed by atoms with van der Waals surface area (Å²) in [6, 6.07) is 0.428. The van der Waals surface area contributed by atoms with Gasteiger partial charge in [0.05, 0.1) is 0 Å². The van der Waals surface area contributed by atoms with E-state index in [9.17, 15) is 9.90 Å². The molecule has 2 fully saturated rings. The smallest absolute Gasteiger partial charge is 0.323 e. The summed E-state index contributed by atoms with van der Waals surface area (Å²) < 4.78 is 0. The van der Waals surface area contributed by atoms with Crippen molar-refractivity contribution >= 4 is 5.97 Å². The fourth-order valence-corrected chi connectivity index (χ4v) is 2.85. The van der Waals surface area contributed by atoms with Gasteiger partial charge in [-0.15, -0.1) is 0 Å². The molecule has 2 rings (SSSR count). The molecule has 1 aliphatic carbocycles. The van der Waals surface area contributed by atoms with Gasteiger partial charge >= 0.3 is 5.97 Å². The lowest BCUT2D eigenvalue weighted by Gasteiger charge is -2.36. The third kappa shape index (κ3) is 4.43. The van der Waals surface area contributed by atoms with E-state index in [0.29, 0.717) is 12.5 Å². The van der Waals surface area contributed by atoms with Crippen LogP contribution < -0.4 is 5.32 Å². The fourth-order valence-electron chi connectivity index (χ4n) is 2.85. The molecule has 0 aromatic heterocycles. The van der Waals surface area contributed by atoms with Gasteiger partial charge in [-0.2, -0.15) is 0 Å². The van der Waals surface area contributed by atoms with E-state index in [1.54, 1.807) is 0 Å². The summed E-state index contributed by atoms with van der Waals surface area (Å²) in [7, 11) is 0. The first-order chi connectivity index (χ1) is 9.53. The molecular weight excluding hydrogens is 254 g/mol. The molecule has 1 aliphatic heterocycles. The van der Waals surface area contributed by atoms with Crippen molar-refractivity contribution in [1.29, 1.82) is 0 Å². The van der Waals surface area contributed by atoms with Crippen LogP contribution in [0.3, 0.4) is 0 Å². The van der Waals surface area contributed by atoms with Gasteiger partial charge in [0.2, 0.25) is 0 Å². The Labute approximate surface area is 122 Å². The molecule has 0 radical (unpaired) electrons. The van der Waals surface area contributed by atoms with Crippen molar-refractivity contribution in [3.63, 3.8) is 0 Å². The lowest BCUT2D eigenvalue weighted by atomic mass is 9.97. The monoisotopic (exact) mass is 283 g/mol. The highest BCUT2D eigenvalue weighted by atomic mass is 16.4. The maximum Gasteiger partial charge on any atom is 0.323 e. The molecule has 1 saturated carbocycles. The van der Waals surface area contributed by atoms with Crippen LogP contribution in [0, 0.1) is 0 Å². The maximum absolute atomic E-state index is 11.5. The number of hydrogen-bond donors (Lipinski definition) is 2. The number of nitrogens with one attached hydrogen (secondary N) is 1. The number of rotatable bonds is 8. The second-order valence-corrected chi connectivity index (χ2v) is 6.49. The Morgan fingerprint density at radius 3 is 2.20 bits per heavy atom. The normalized spacial score (nSPS) is 24.5. The number of hydrogen-bond acceptors (Lipinski definition) is 4. The summed E-state index contributed by atoms with van der Waals surface area (Å²) >= 11 is 0. The molecule has 5 nitrogen and oxygen atoms in total. The molecule has 5 heteroatoms. The molecule has 116 valence electrons. The molecule has 20 heavy (non-hydrogen) atoms. The fraction of sp³-hybridized carbons (Fsp3) is 0.933. The lowest BCUT2D eigenvalue weighted by Crippen LogP contribution is -2.54. The molecule has 0 amide bonds. The summed E-state index contributed by atoms with van der Waals surface area (Å²) in [6.45, 7) is 10.5. The molecule has 0 aromatic carbocycles. The van der Waals surface area contributed by atoms with Gasteiger partial charge in [0.25, 0.3) is 0 Å². The van der Waals surface area contributed by atoms with E-state index in [0.717, 1.165) is 45.6 Å². The standard InChI is InChI=1S/C15H29N3O2/c1-3-7-17-9-11-18(12-10-17)8-6-15(2,14(19)20)16-13-4-5-13/h13,16H,3-12H2,1-2H3,(H,19,20). The van der Waals surface area contributed by atoms with Crippen molar-refractivity contribution in [1.82, 2.24) is 15.1 Å². The van der Waals surface area contributed by atoms with Crippen molar-refractivity contribution in [3.05, 3.63) is 0 Å². The highest BCUT2D eigenvalue weighted by Gasteiger charge is 2.38. The quantitative estimate of drug-likeness (QED) is 0.696. The summed E-state index contributed by atoms with van der Waals surface area (Å²) in [5.74, 6) is -0.714. The Hall–Kier alpha value is -0.650. The van der Waals surface area contributed by atoms with Gasteiger partial charge in [0.1, 0.15) is 5.54 Å². The lowest BCUT2D eigenvalue weighted by molar-refractivity contribution is -0.144. The van der Waals surface area contributed by atoms with Crippen LogP contribution in [0.25, 0.3) is 0 Å². The zero-order valence-electron chi connectivity index (χ0n) is 12.9. The number of aliphatic carboxylic acids is 1. The van der Waals surface area contributed by atoms with E-state index >= 15 is 0 Å². The molecule has 2 N–H and O–H groups in total. The Bertz CT molecular complexity index is 325. The van der Waals surface area contributed by atoms with Crippen LogP contribution in [0.15, 0.2) is 0 Å². The molecule has 1 atom stereocenters. The van der Waals surface area contributed by atoms with Crippen LogP contribution in [-0.2, 0) is 4.79 Å². The second kappa shape index (κ2) is 6.87. The first kappa shape index (κ1) is 15.7. The van der Waals surface area contributed by atoms with Gasteiger partial charge in [-0.3, -0.25) is 10.1 Å². The Kier molecular flexibility index (Phi) is 5.41. The van der Waals surface area contributed by atoms with E-state index in [1.807, 2.05) is 6.92 Å². The van der Waals surface area contributed by atoms with Crippen LogP contribution in [0.4, 0.5) is 0 Å². The first-order valence-electron chi connectivity index (χ1n) is 7.99. The minimum Gasteiger partial charge on any atom is -0.480 e. The molecule has 0 spiro atoms. The van der Waals surface area contributed by atoms with Crippen molar-refractivity contribution in [2.24, 2.45) is 0 Å². The Morgan fingerprint density at radius 1 is 1.20 bits per heavy atom. The highest BCUT2D eigenvalue weighted by Crippen LogP contribution is 2.24. The predicted molar refractivity (Wildman–Crippen MR) is 80.0 cm³/mol. The van der Waals surface area contributed by atoms with Crippen LogP contribution in [0.5, 0.6) is 0 Å². The van der Waals surface area contributed by atoms with Gasteiger partial charge < -0.3 is 14.9 Å². The number of carboxylic acids is 1. The van der Waals surface area contributed by atoms with E-state index in [-0.39, 0.29) is 0 Å². The van der Waals surface area contributed by atoms with E-state index in [1.165, 1.54) is 13.0 Å². The van der Waals surface area contributed by atoms with Gasteiger partial charge in [0, 0.05) is 38.8 Å². The van der Waals surface area contributed by atoms with Crippen LogP contribution >= 0.6 is 0 Å². The Balaban J connectivity index is 1.74. The minimum absolute atomic E-state index is 0.428. The van der Waals surface area contributed by atoms with Crippen LogP contribution in [-0.4, -0.2) is 71.7 Å². The zero-order valence-corrected chi connectivity index (χ0v) is 12.9. The Morgan fingerprint density at radius 2 is 1.75 bits per heavy atom. The molecule has 0 bridgehead atoms. The molecule has 1 unspecified atom stereocenters. The average molecular weight is 283 g/mol. The largest absolute Gasteiger partial charge is 0.480 e.